The van der Waals surface area contributed by atoms with Gasteiger partial charge in [-0.15, -0.1) is 0 Å². The van der Waals surface area contributed by atoms with E-state index in [0.717, 1.165) is 11.5 Å². The van der Waals surface area contributed by atoms with Crippen LogP contribution in [0.5, 0.6) is 0 Å². The molecule has 0 bridgehead atoms. The maximum Gasteiger partial charge on any atom is 0.0552 e. The molecular formula is C6H8ClNOS. The average Bonchev–Trinajstić information content (AvgIpc) is 1.95. The first-order valence-electron chi connectivity index (χ1n) is 2.92. The Balaban J connectivity index is 2.37. The minimum Gasteiger partial charge on any atom is -0.234 e. The van der Waals surface area contributed by atoms with Crippen molar-refractivity contribution >= 4 is 24.5 Å². The van der Waals surface area contributed by atoms with Crippen molar-refractivity contribution in [2.45, 2.75) is 12.5 Å². The summed E-state index contributed by atoms with van der Waals surface area (Å²) in [6, 6.07) is 0.194. The van der Waals surface area contributed by atoms with Crippen molar-refractivity contribution in [3.63, 3.8) is 0 Å². The summed E-state index contributed by atoms with van der Waals surface area (Å²) >= 11 is 9.22. The molecule has 1 N–H and O–H groups in total. The van der Waals surface area contributed by atoms with Crippen LogP contribution in [0, 0.1) is 0 Å². The zero-order valence-electron chi connectivity index (χ0n) is 5.25. The van der Waals surface area contributed by atoms with Crippen LogP contribution >= 0.6 is 24.5 Å². The molecule has 1 aliphatic carbocycles. The highest BCUT2D eigenvalue weighted by molar-refractivity contribution is 7.75. The molecule has 10 heavy (non-hydrogen) atoms. The van der Waals surface area contributed by atoms with Crippen molar-refractivity contribution < 1.29 is 4.28 Å². The minimum absolute atomic E-state index is 0.194. The third-order valence-corrected chi connectivity index (χ3v) is 1.64. The molecule has 0 aromatic rings. The summed E-state index contributed by atoms with van der Waals surface area (Å²) in [6.45, 7) is 0. The Labute approximate surface area is 70.5 Å². The van der Waals surface area contributed by atoms with Crippen LogP contribution in [0.2, 0.25) is 0 Å². The lowest BCUT2D eigenvalue weighted by molar-refractivity contribution is 0.216. The monoisotopic (exact) mass is 177 g/mol. The Kier molecular flexibility index (Phi) is 3.28. The first-order chi connectivity index (χ1) is 4.83. The molecular weight excluding hydrogens is 170 g/mol. The Morgan fingerprint density at radius 3 is 3.10 bits per heavy atom. The van der Waals surface area contributed by atoms with Crippen LogP contribution in [0.25, 0.3) is 0 Å². The second-order valence-electron chi connectivity index (χ2n) is 2.00. The minimum atomic E-state index is 0.194. The van der Waals surface area contributed by atoms with E-state index in [1.54, 1.807) is 0 Å². The predicted molar refractivity (Wildman–Crippen MR) is 44.7 cm³/mol. The molecule has 2 nitrogen and oxygen atoms in total. The fourth-order valence-electron chi connectivity index (χ4n) is 0.749. The van der Waals surface area contributed by atoms with Crippen LogP contribution < -0.4 is 5.48 Å². The van der Waals surface area contributed by atoms with Gasteiger partial charge in [0, 0.05) is 5.03 Å². The maximum absolute atomic E-state index is 5.67. The van der Waals surface area contributed by atoms with Gasteiger partial charge in [0.15, 0.2) is 0 Å². The Bertz CT molecular complexity index is 169. The molecule has 0 radical (unpaired) electrons. The fraction of sp³-hybridized carbons (Fsp3) is 0.333. The molecule has 0 aromatic carbocycles. The van der Waals surface area contributed by atoms with Crippen molar-refractivity contribution in [3.8, 4) is 0 Å². The van der Waals surface area contributed by atoms with Crippen molar-refractivity contribution in [1.29, 1.82) is 0 Å². The van der Waals surface area contributed by atoms with Crippen LogP contribution in [0.4, 0.5) is 0 Å². The fourth-order valence-corrected chi connectivity index (χ4v) is 1.05. The second-order valence-corrected chi connectivity index (χ2v) is 2.62. The van der Waals surface area contributed by atoms with Gasteiger partial charge in [-0.05, 0) is 25.4 Å². The number of hydroxylamine groups is 1. The normalized spacial score (nSPS) is 24.6. The molecule has 0 saturated heterocycles. The molecule has 4 heteroatoms. The predicted octanol–water partition coefficient (Wildman–Crippen LogP) is 1.80. The third kappa shape index (κ3) is 2.34. The standard InChI is InChI=1S/C6H8ClNOS/c7-5-1-3-6(4-2-5)8-9-10/h1-3,6,8,10H,4H2. The molecule has 1 aliphatic rings. The molecule has 0 aliphatic heterocycles. The lowest BCUT2D eigenvalue weighted by Crippen LogP contribution is -2.24. The van der Waals surface area contributed by atoms with Gasteiger partial charge in [0.05, 0.1) is 6.04 Å². The number of thiol groups is 1. The van der Waals surface area contributed by atoms with E-state index in [4.69, 9.17) is 11.6 Å². The number of rotatable bonds is 2. The lowest BCUT2D eigenvalue weighted by Gasteiger charge is -2.12. The molecule has 1 unspecified atom stereocenters. The molecule has 0 heterocycles. The van der Waals surface area contributed by atoms with E-state index >= 15 is 0 Å². The van der Waals surface area contributed by atoms with Gasteiger partial charge in [-0.2, -0.15) is 5.48 Å². The SMILES string of the molecule is SONC1C=CC(Cl)=CC1. The van der Waals surface area contributed by atoms with Crippen LogP contribution in [-0.2, 0) is 4.28 Å². The molecule has 0 fully saturated rings. The molecule has 0 saturated carbocycles. The summed E-state index contributed by atoms with van der Waals surface area (Å²) in [5.41, 5.74) is 2.68. The molecule has 56 valence electrons. The number of nitrogens with one attached hydrogen (secondary N) is 1. The lowest BCUT2D eigenvalue weighted by atomic mass is 10.1. The van der Waals surface area contributed by atoms with E-state index in [1.165, 1.54) is 0 Å². The summed E-state index contributed by atoms with van der Waals surface area (Å²) in [5, 5.41) is 0.775. The van der Waals surface area contributed by atoms with Gasteiger partial charge in [-0.1, -0.05) is 23.8 Å². The number of allylic oxidation sites excluding steroid dienone is 2. The number of hydrogen-bond donors (Lipinski definition) is 2. The molecule has 0 amide bonds. The van der Waals surface area contributed by atoms with E-state index in [9.17, 15) is 0 Å². The molecule has 0 aromatic heterocycles. The van der Waals surface area contributed by atoms with Crippen molar-refractivity contribution in [2.75, 3.05) is 0 Å². The van der Waals surface area contributed by atoms with Crippen molar-refractivity contribution in [1.82, 2.24) is 5.48 Å². The summed E-state index contributed by atoms with van der Waals surface area (Å²) in [4.78, 5) is 0. The van der Waals surface area contributed by atoms with Gasteiger partial charge in [-0.25, -0.2) is 4.28 Å². The smallest absolute Gasteiger partial charge is 0.0552 e. The van der Waals surface area contributed by atoms with Crippen LogP contribution in [-0.4, -0.2) is 6.04 Å². The Hall–Kier alpha value is 0.0400. The van der Waals surface area contributed by atoms with E-state index in [0.29, 0.717) is 0 Å². The molecule has 1 atom stereocenters. The quantitative estimate of drug-likeness (QED) is 0.381. The summed E-state index contributed by atoms with van der Waals surface area (Å²) in [5.74, 6) is 0. The van der Waals surface area contributed by atoms with Crippen LogP contribution in [0.15, 0.2) is 23.3 Å². The summed E-state index contributed by atoms with van der Waals surface area (Å²) < 4.78 is 4.44. The van der Waals surface area contributed by atoms with Gasteiger partial charge in [0.25, 0.3) is 0 Å². The summed E-state index contributed by atoms with van der Waals surface area (Å²) in [7, 11) is 0. The van der Waals surface area contributed by atoms with Gasteiger partial charge in [0.2, 0.25) is 0 Å². The van der Waals surface area contributed by atoms with Crippen LogP contribution in [0.1, 0.15) is 6.42 Å². The number of halogens is 1. The topological polar surface area (TPSA) is 21.3 Å². The highest BCUT2D eigenvalue weighted by Gasteiger charge is 2.05. The van der Waals surface area contributed by atoms with E-state index in [2.05, 4.69) is 22.7 Å². The maximum atomic E-state index is 5.67. The Morgan fingerprint density at radius 1 is 1.80 bits per heavy atom. The van der Waals surface area contributed by atoms with E-state index < -0.39 is 0 Å². The first-order valence-corrected chi connectivity index (χ1v) is 3.67. The largest absolute Gasteiger partial charge is 0.234 e. The highest BCUT2D eigenvalue weighted by atomic mass is 35.5. The second kappa shape index (κ2) is 4.03. The van der Waals surface area contributed by atoms with Crippen molar-refractivity contribution in [2.24, 2.45) is 0 Å². The first kappa shape index (κ1) is 8.14. The van der Waals surface area contributed by atoms with Crippen LogP contribution in [0.3, 0.4) is 0 Å². The molecule has 1 rings (SSSR count). The number of hydrogen-bond acceptors (Lipinski definition) is 3. The van der Waals surface area contributed by atoms with Gasteiger partial charge < -0.3 is 0 Å². The third-order valence-electron chi connectivity index (χ3n) is 1.26. The zero-order valence-corrected chi connectivity index (χ0v) is 6.90. The highest BCUT2D eigenvalue weighted by Crippen LogP contribution is 2.13. The van der Waals surface area contributed by atoms with Gasteiger partial charge in [-0.3, -0.25) is 0 Å². The Morgan fingerprint density at radius 2 is 2.60 bits per heavy atom. The zero-order chi connectivity index (χ0) is 7.40. The average molecular weight is 178 g/mol. The summed E-state index contributed by atoms with van der Waals surface area (Å²) in [6.07, 6.45) is 6.52. The van der Waals surface area contributed by atoms with Gasteiger partial charge >= 0.3 is 0 Å². The molecule has 0 spiro atoms. The van der Waals surface area contributed by atoms with Gasteiger partial charge in [0.1, 0.15) is 0 Å². The van der Waals surface area contributed by atoms with E-state index in [1.807, 2.05) is 18.2 Å². The van der Waals surface area contributed by atoms with E-state index in [-0.39, 0.29) is 6.04 Å². The van der Waals surface area contributed by atoms with Crippen molar-refractivity contribution in [3.05, 3.63) is 23.3 Å².